The smallest absolute Gasteiger partial charge is 0.307 e. The van der Waals surface area contributed by atoms with Crippen LogP contribution in [0.3, 0.4) is 0 Å². The summed E-state index contributed by atoms with van der Waals surface area (Å²) in [4.78, 5) is 4.83. The fourth-order valence-electron chi connectivity index (χ4n) is 1.17. The van der Waals surface area contributed by atoms with E-state index in [9.17, 15) is 5.21 Å². The normalized spacial score (nSPS) is 8.84. The molecule has 0 saturated carbocycles. The maximum Gasteiger partial charge on any atom is 0.307 e. The number of aromatic nitrogens is 1. The third-order valence-corrected chi connectivity index (χ3v) is 2.05. The standard InChI is InChI=1S/C7H10N2O2.C7H5N/c1-2-11-8-7-5-3-4-6-9(7)10;8-6-7-4-2-1-3-5-7/h3-6,8H,2H2,1H3;1-5H. The number of benzene rings is 1. The Labute approximate surface area is 112 Å². The molecular formula is C14H15N3O2. The monoisotopic (exact) mass is 257 g/mol. The highest BCUT2D eigenvalue weighted by molar-refractivity contribution is 5.27. The minimum Gasteiger partial charge on any atom is -0.711 e. The molecule has 1 aromatic carbocycles. The van der Waals surface area contributed by atoms with Crippen LogP contribution in [0.5, 0.6) is 0 Å². The van der Waals surface area contributed by atoms with Crippen molar-refractivity contribution < 1.29 is 9.57 Å². The number of hydrogen-bond acceptors (Lipinski definition) is 4. The van der Waals surface area contributed by atoms with Crippen molar-refractivity contribution in [3.8, 4) is 6.07 Å². The van der Waals surface area contributed by atoms with E-state index in [0.29, 0.717) is 22.7 Å². The Hall–Kier alpha value is -2.58. The third-order valence-electron chi connectivity index (χ3n) is 2.05. The molecule has 19 heavy (non-hydrogen) atoms. The van der Waals surface area contributed by atoms with Crippen molar-refractivity contribution in [2.75, 3.05) is 12.1 Å². The zero-order valence-electron chi connectivity index (χ0n) is 10.6. The lowest BCUT2D eigenvalue weighted by Gasteiger charge is -2.05. The fraction of sp³-hybridized carbons (Fsp3) is 0.143. The predicted octanol–water partition coefficient (Wildman–Crippen LogP) is 2.24. The zero-order valence-corrected chi connectivity index (χ0v) is 10.6. The van der Waals surface area contributed by atoms with Gasteiger partial charge in [-0.3, -0.25) is 0 Å². The summed E-state index contributed by atoms with van der Waals surface area (Å²) in [5.41, 5.74) is 3.23. The number of pyridine rings is 1. The molecule has 2 aromatic rings. The van der Waals surface area contributed by atoms with Gasteiger partial charge in [-0.25, -0.2) is 4.73 Å². The number of rotatable bonds is 3. The molecule has 0 amide bonds. The van der Waals surface area contributed by atoms with Crippen molar-refractivity contribution in [3.05, 3.63) is 65.5 Å². The van der Waals surface area contributed by atoms with Crippen LogP contribution >= 0.6 is 0 Å². The molecule has 0 fully saturated rings. The SMILES string of the molecule is CCONc1cccc[n+]1[O-].N#Cc1ccccc1. The molecule has 0 radical (unpaired) electrons. The van der Waals surface area contributed by atoms with Gasteiger partial charge in [-0.15, -0.1) is 5.48 Å². The van der Waals surface area contributed by atoms with Crippen LogP contribution in [-0.4, -0.2) is 6.61 Å². The predicted molar refractivity (Wildman–Crippen MR) is 71.8 cm³/mol. The molecule has 0 bridgehead atoms. The zero-order chi connectivity index (χ0) is 13.9. The first-order valence-corrected chi connectivity index (χ1v) is 5.79. The van der Waals surface area contributed by atoms with E-state index in [1.807, 2.05) is 31.2 Å². The second-order valence-electron chi connectivity index (χ2n) is 3.42. The van der Waals surface area contributed by atoms with Gasteiger partial charge in [0.2, 0.25) is 0 Å². The molecule has 5 nitrogen and oxygen atoms in total. The van der Waals surface area contributed by atoms with Crippen molar-refractivity contribution in [2.45, 2.75) is 6.92 Å². The first-order chi connectivity index (χ1) is 9.27. The van der Waals surface area contributed by atoms with Gasteiger partial charge in [0.25, 0.3) is 0 Å². The molecule has 0 aliphatic carbocycles. The Kier molecular flexibility index (Phi) is 6.48. The van der Waals surface area contributed by atoms with Crippen LogP contribution in [0.25, 0.3) is 0 Å². The third kappa shape index (κ3) is 5.52. The highest BCUT2D eigenvalue weighted by atomic mass is 16.6. The first-order valence-electron chi connectivity index (χ1n) is 5.79. The van der Waals surface area contributed by atoms with Crippen LogP contribution in [-0.2, 0) is 4.84 Å². The number of anilines is 1. The van der Waals surface area contributed by atoms with E-state index in [0.717, 1.165) is 0 Å². The van der Waals surface area contributed by atoms with Crippen molar-refractivity contribution >= 4 is 5.82 Å². The van der Waals surface area contributed by atoms with Crippen LogP contribution in [0.2, 0.25) is 0 Å². The lowest BCUT2D eigenvalue weighted by atomic mass is 10.2. The first kappa shape index (κ1) is 14.5. The molecule has 0 unspecified atom stereocenters. The molecule has 1 heterocycles. The number of hydrogen-bond donors (Lipinski definition) is 1. The summed E-state index contributed by atoms with van der Waals surface area (Å²) in [7, 11) is 0. The highest BCUT2D eigenvalue weighted by Crippen LogP contribution is 1.96. The Morgan fingerprint density at radius 1 is 1.21 bits per heavy atom. The van der Waals surface area contributed by atoms with E-state index in [1.54, 1.807) is 30.3 Å². The highest BCUT2D eigenvalue weighted by Gasteiger charge is 1.99. The van der Waals surface area contributed by atoms with Gasteiger partial charge in [0.05, 0.1) is 24.4 Å². The summed E-state index contributed by atoms with van der Waals surface area (Å²) in [5.74, 6) is 0.398. The maximum absolute atomic E-state index is 10.9. The summed E-state index contributed by atoms with van der Waals surface area (Å²) in [5, 5.41) is 19.2. The minimum absolute atomic E-state index is 0.398. The lowest BCUT2D eigenvalue weighted by molar-refractivity contribution is -0.591. The Morgan fingerprint density at radius 3 is 2.42 bits per heavy atom. The Balaban J connectivity index is 0.000000200. The minimum atomic E-state index is 0.398. The van der Waals surface area contributed by atoms with Crippen molar-refractivity contribution in [1.29, 1.82) is 5.26 Å². The van der Waals surface area contributed by atoms with E-state index in [2.05, 4.69) is 5.48 Å². The quantitative estimate of drug-likeness (QED) is 0.520. The topological polar surface area (TPSA) is 72.0 Å². The summed E-state index contributed by atoms with van der Waals surface area (Å²) in [6.07, 6.45) is 1.40. The Morgan fingerprint density at radius 2 is 1.89 bits per heavy atom. The van der Waals surface area contributed by atoms with E-state index in [4.69, 9.17) is 10.1 Å². The van der Waals surface area contributed by atoms with Gasteiger partial charge in [0.1, 0.15) is 0 Å². The molecule has 5 heteroatoms. The molecule has 0 aliphatic rings. The molecule has 1 aromatic heterocycles. The van der Waals surface area contributed by atoms with E-state index in [-0.39, 0.29) is 0 Å². The molecular weight excluding hydrogens is 242 g/mol. The summed E-state index contributed by atoms with van der Waals surface area (Å²) in [6.45, 7) is 2.36. The molecule has 0 spiro atoms. The van der Waals surface area contributed by atoms with Crippen LogP contribution in [0, 0.1) is 16.5 Å². The largest absolute Gasteiger partial charge is 0.711 e. The van der Waals surface area contributed by atoms with Gasteiger partial charge in [0.15, 0.2) is 0 Å². The molecule has 0 saturated heterocycles. The van der Waals surface area contributed by atoms with Gasteiger partial charge < -0.3 is 5.21 Å². The van der Waals surface area contributed by atoms with E-state index < -0.39 is 0 Å². The number of nitriles is 1. The van der Waals surface area contributed by atoms with Crippen LogP contribution < -0.4 is 10.2 Å². The van der Waals surface area contributed by atoms with Crippen molar-refractivity contribution in [3.63, 3.8) is 0 Å². The van der Waals surface area contributed by atoms with Gasteiger partial charge in [-0.2, -0.15) is 10.1 Å². The fourth-order valence-corrected chi connectivity index (χ4v) is 1.17. The number of nitrogens with zero attached hydrogens (tertiary/aromatic N) is 2. The molecule has 2 rings (SSSR count). The summed E-state index contributed by atoms with van der Waals surface area (Å²) < 4.78 is 0.704. The van der Waals surface area contributed by atoms with Gasteiger partial charge >= 0.3 is 5.82 Å². The molecule has 0 atom stereocenters. The lowest BCUT2D eigenvalue weighted by Crippen LogP contribution is -2.29. The molecule has 0 aliphatic heterocycles. The van der Waals surface area contributed by atoms with Crippen molar-refractivity contribution in [2.24, 2.45) is 0 Å². The van der Waals surface area contributed by atoms with Gasteiger partial charge in [-0.1, -0.05) is 24.3 Å². The van der Waals surface area contributed by atoms with E-state index in [1.165, 1.54) is 6.20 Å². The van der Waals surface area contributed by atoms with Crippen molar-refractivity contribution in [1.82, 2.24) is 0 Å². The molecule has 98 valence electrons. The van der Waals surface area contributed by atoms with Gasteiger partial charge in [-0.05, 0) is 25.1 Å². The second-order valence-corrected chi connectivity index (χ2v) is 3.42. The van der Waals surface area contributed by atoms with E-state index >= 15 is 0 Å². The average Bonchev–Trinajstić information content (AvgIpc) is 2.48. The van der Waals surface area contributed by atoms with Crippen LogP contribution in [0.1, 0.15) is 12.5 Å². The van der Waals surface area contributed by atoms with Gasteiger partial charge in [0, 0.05) is 6.07 Å². The molecule has 1 N–H and O–H groups in total. The van der Waals surface area contributed by atoms with Crippen LogP contribution in [0.4, 0.5) is 5.82 Å². The summed E-state index contributed by atoms with van der Waals surface area (Å²) in [6, 6.07) is 16.2. The second kappa shape index (κ2) is 8.50. The average molecular weight is 257 g/mol. The maximum atomic E-state index is 10.9. The number of nitrogens with one attached hydrogen (secondary N) is 1. The Bertz CT molecular complexity index is 524. The summed E-state index contributed by atoms with van der Waals surface area (Å²) >= 11 is 0. The van der Waals surface area contributed by atoms with Crippen LogP contribution in [0.15, 0.2) is 54.7 Å².